The maximum absolute atomic E-state index is 10.6. The fraction of sp³-hybridized carbons (Fsp3) is 0.474. The van der Waals surface area contributed by atoms with Gasteiger partial charge in [-0.25, -0.2) is 0 Å². The van der Waals surface area contributed by atoms with E-state index in [-0.39, 0.29) is 0 Å². The molecule has 0 saturated carbocycles. The van der Waals surface area contributed by atoms with Crippen molar-refractivity contribution in [3.63, 3.8) is 0 Å². The zero-order chi connectivity index (χ0) is 14.8. The Balaban J connectivity index is 1.81. The average Bonchev–Trinajstić information content (AvgIpc) is 2.97. The molecule has 0 fully saturated rings. The Kier molecular flexibility index (Phi) is 4.46. The predicted octanol–water partition coefficient (Wildman–Crippen LogP) is 5.22. The van der Waals surface area contributed by atoms with Crippen molar-refractivity contribution in [1.29, 1.82) is 0 Å². The summed E-state index contributed by atoms with van der Waals surface area (Å²) in [7, 11) is 0. The van der Waals surface area contributed by atoms with Crippen molar-refractivity contribution in [2.45, 2.75) is 58.0 Å². The molecule has 1 N–H and O–H groups in total. The minimum absolute atomic E-state index is 0.466. The number of aliphatic hydroxyl groups excluding tert-OH is 1. The van der Waals surface area contributed by atoms with Crippen LogP contribution in [0.15, 0.2) is 30.3 Å². The molecule has 1 heterocycles. The number of rotatable bonds is 4. The van der Waals surface area contributed by atoms with Crippen molar-refractivity contribution in [2.24, 2.45) is 0 Å². The molecule has 0 amide bonds. The van der Waals surface area contributed by atoms with Crippen LogP contribution in [0.5, 0.6) is 0 Å². The van der Waals surface area contributed by atoms with Crippen LogP contribution >= 0.6 is 11.3 Å². The lowest BCUT2D eigenvalue weighted by Crippen LogP contribution is -1.98. The Morgan fingerprint density at radius 1 is 1.10 bits per heavy atom. The monoisotopic (exact) mass is 300 g/mol. The molecule has 112 valence electrons. The molecule has 0 spiro atoms. The van der Waals surface area contributed by atoms with Crippen LogP contribution < -0.4 is 0 Å². The topological polar surface area (TPSA) is 20.2 Å². The van der Waals surface area contributed by atoms with Gasteiger partial charge in [0.15, 0.2) is 0 Å². The third-order valence-electron chi connectivity index (χ3n) is 4.72. The van der Waals surface area contributed by atoms with Crippen LogP contribution in [0.3, 0.4) is 0 Å². The van der Waals surface area contributed by atoms with Gasteiger partial charge in [0.25, 0.3) is 0 Å². The molecule has 0 radical (unpaired) electrons. The predicted molar refractivity (Wildman–Crippen MR) is 90.2 cm³/mol. The minimum atomic E-state index is -0.466. The normalized spacial score (nSPS) is 17.3. The standard InChI is InChI=1S/C19H24OS/c1-3-13(2)14-8-10-15(11-9-14)19(20)18-12-16-6-4-5-7-17(16)21-18/h8-13,19-20H,3-7H2,1-2H3. The zero-order valence-electron chi connectivity index (χ0n) is 12.9. The summed E-state index contributed by atoms with van der Waals surface area (Å²) in [6.07, 6.45) is 5.66. The molecular weight excluding hydrogens is 276 g/mol. The quantitative estimate of drug-likeness (QED) is 0.820. The first-order chi connectivity index (χ1) is 10.2. The fourth-order valence-corrected chi connectivity index (χ4v) is 4.33. The maximum atomic E-state index is 10.6. The Morgan fingerprint density at radius 3 is 2.43 bits per heavy atom. The van der Waals surface area contributed by atoms with E-state index < -0.39 is 6.10 Å². The molecule has 0 bridgehead atoms. The number of thiophene rings is 1. The van der Waals surface area contributed by atoms with Crippen LogP contribution in [-0.2, 0) is 12.8 Å². The van der Waals surface area contributed by atoms with Gasteiger partial charge in [-0.1, -0.05) is 38.1 Å². The summed E-state index contributed by atoms with van der Waals surface area (Å²) < 4.78 is 0. The second-order valence-corrected chi connectivity index (χ2v) is 7.35. The van der Waals surface area contributed by atoms with Gasteiger partial charge >= 0.3 is 0 Å². The van der Waals surface area contributed by atoms with Crippen molar-refractivity contribution in [3.05, 3.63) is 56.8 Å². The number of aliphatic hydroxyl groups is 1. The van der Waals surface area contributed by atoms with Crippen molar-refractivity contribution in [2.75, 3.05) is 0 Å². The highest BCUT2D eigenvalue weighted by Gasteiger charge is 2.19. The lowest BCUT2D eigenvalue weighted by atomic mass is 9.95. The minimum Gasteiger partial charge on any atom is -0.383 e. The summed E-state index contributed by atoms with van der Waals surface area (Å²) in [5.41, 5.74) is 3.84. The van der Waals surface area contributed by atoms with Crippen LogP contribution in [0.1, 0.15) is 71.6 Å². The Bertz CT molecular complexity index is 573. The van der Waals surface area contributed by atoms with Gasteiger partial charge in [0, 0.05) is 9.75 Å². The van der Waals surface area contributed by atoms with E-state index in [4.69, 9.17) is 0 Å². The fourth-order valence-electron chi connectivity index (χ4n) is 3.06. The van der Waals surface area contributed by atoms with E-state index in [1.165, 1.54) is 41.7 Å². The second kappa shape index (κ2) is 6.33. The van der Waals surface area contributed by atoms with Crippen LogP contribution in [0.25, 0.3) is 0 Å². The molecule has 0 saturated heterocycles. The first-order valence-electron chi connectivity index (χ1n) is 8.08. The summed E-state index contributed by atoms with van der Waals surface area (Å²) in [5, 5.41) is 10.6. The van der Waals surface area contributed by atoms with Crippen LogP contribution in [0.2, 0.25) is 0 Å². The Hall–Kier alpha value is -1.12. The van der Waals surface area contributed by atoms with Crippen LogP contribution in [0, 0.1) is 0 Å². The largest absolute Gasteiger partial charge is 0.383 e. The van der Waals surface area contributed by atoms with Gasteiger partial charge in [-0.15, -0.1) is 11.3 Å². The first kappa shape index (κ1) is 14.8. The van der Waals surface area contributed by atoms with Crippen molar-refractivity contribution in [3.8, 4) is 0 Å². The molecule has 1 aliphatic rings. The van der Waals surface area contributed by atoms with Gasteiger partial charge in [0.1, 0.15) is 6.10 Å². The molecule has 1 aromatic heterocycles. The van der Waals surface area contributed by atoms with E-state index in [2.05, 4.69) is 44.2 Å². The summed E-state index contributed by atoms with van der Waals surface area (Å²) in [6.45, 7) is 4.46. The number of hydrogen-bond acceptors (Lipinski definition) is 2. The van der Waals surface area contributed by atoms with Gasteiger partial charge < -0.3 is 5.11 Å². The van der Waals surface area contributed by atoms with Crippen LogP contribution in [0.4, 0.5) is 0 Å². The Morgan fingerprint density at radius 2 is 1.76 bits per heavy atom. The molecule has 0 aliphatic heterocycles. The highest BCUT2D eigenvalue weighted by molar-refractivity contribution is 7.12. The molecule has 2 heteroatoms. The van der Waals surface area contributed by atoms with Gasteiger partial charge in [-0.05, 0) is 60.8 Å². The number of benzene rings is 1. The Labute approximate surface area is 131 Å². The van der Waals surface area contributed by atoms with Crippen molar-refractivity contribution in [1.82, 2.24) is 0 Å². The number of hydrogen-bond donors (Lipinski definition) is 1. The summed E-state index contributed by atoms with van der Waals surface area (Å²) in [5.74, 6) is 0.588. The van der Waals surface area contributed by atoms with Gasteiger partial charge in [-0.3, -0.25) is 0 Å². The summed E-state index contributed by atoms with van der Waals surface area (Å²) in [6, 6.07) is 10.7. The maximum Gasteiger partial charge on any atom is 0.113 e. The van der Waals surface area contributed by atoms with E-state index in [1.807, 2.05) is 0 Å². The lowest BCUT2D eigenvalue weighted by Gasteiger charge is -2.12. The van der Waals surface area contributed by atoms with Gasteiger partial charge in [0.2, 0.25) is 0 Å². The molecule has 2 atom stereocenters. The highest BCUT2D eigenvalue weighted by Crippen LogP contribution is 2.35. The van der Waals surface area contributed by atoms with Gasteiger partial charge in [-0.2, -0.15) is 0 Å². The van der Waals surface area contributed by atoms with E-state index in [0.29, 0.717) is 5.92 Å². The van der Waals surface area contributed by atoms with Crippen molar-refractivity contribution < 1.29 is 5.11 Å². The third-order valence-corrected chi connectivity index (χ3v) is 6.01. The van der Waals surface area contributed by atoms with E-state index in [1.54, 1.807) is 11.3 Å². The van der Waals surface area contributed by atoms with E-state index in [9.17, 15) is 5.11 Å². The number of aryl methyl sites for hydroxylation is 2. The molecule has 1 aromatic carbocycles. The molecule has 2 unspecified atom stereocenters. The van der Waals surface area contributed by atoms with E-state index in [0.717, 1.165) is 16.9 Å². The molecule has 2 aromatic rings. The molecule has 1 aliphatic carbocycles. The van der Waals surface area contributed by atoms with Crippen molar-refractivity contribution >= 4 is 11.3 Å². The number of fused-ring (bicyclic) bond motifs is 1. The van der Waals surface area contributed by atoms with Crippen LogP contribution in [-0.4, -0.2) is 5.11 Å². The first-order valence-corrected chi connectivity index (χ1v) is 8.90. The second-order valence-electron chi connectivity index (χ2n) is 6.18. The lowest BCUT2D eigenvalue weighted by molar-refractivity contribution is 0.224. The SMILES string of the molecule is CCC(C)c1ccc(C(O)c2cc3c(s2)CCCC3)cc1. The molecule has 21 heavy (non-hydrogen) atoms. The third kappa shape index (κ3) is 3.07. The zero-order valence-corrected chi connectivity index (χ0v) is 13.7. The summed E-state index contributed by atoms with van der Waals surface area (Å²) in [4.78, 5) is 2.60. The highest BCUT2D eigenvalue weighted by atomic mass is 32.1. The average molecular weight is 300 g/mol. The summed E-state index contributed by atoms with van der Waals surface area (Å²) >= 11 is 1.80. The molecular formula is C19H24OS. The van der Waals surface area contributed by atoms with E-state index >= 15 is 0 Å². The smallest absolute Gasteiger partial charge is 0.113 e. The molecule has 1 nitrogen and oxygen atoms in total. The van der Waals surface area contributed by atoms with Gasteiger partial charge in [0.05, 0.1) is 0 Å². The molecule has 3 rings (SSSR count).